The maximum atomic E-state index is 11.3. The van der Waals surface area contributed by atoms with Crippen LogP contribution in [0.1, 0.15) is 15.9 Å². The molecule has 21 heavy (non-hydrogen) atoms. The summed E-state index contributed by atoms with van der Waals surface area (Å²) in [7, 11) is 3.93. The number of halogens is 1. The molecule has 0 radical (unpaired) electrons. The molecule has 0 aliphatic heterocycles. The van der Waals surface area contributed by atoms with Gasteiger partial charge in [0.25, 0.3) is 0 Å². The molecule has 1 aromatic carbocycles. The molecule has 2 N–H and O–H groups in total. The second kappa shape index (κ2) is 6.13. The van der Waals surface area contributed by atoms with Crippen LogP contribution < -0.4 is 10.2 Å². The summed E-state index contributed by atoms with van der Waals surface area (Å²) in [5, 5.41) is 12.3. The highest BCUT2D eigenvalue weighted by molar-refractivity contribution is 9.10. The van der Waals surface area contributed by atoms with Gasteiger partial charge in [-0.05, 0) is 46.6 Å². The lowest BCUT2D eigenvalue weighted by Gasteiger charge is -2.17. The first-order valence-corrected chi connectivity index (χ1v) is 7.11. The van der Waals surface area contributed by atoms with Crippen molar-refractivity contribution in [1.82, 2.24) is 4.98 Å². The van der Waals surface area contributed by atoms with Crippen LogP contribution >= 0.6 is 15.9 Å². The van der Waals surface area contributed by atoms with Gasteiger partial charge in [-0.25, -0.2) is 9.78 Å². The van der Waals surface area contributed by atoms with Gasteiger partial charge in [0.05, 0.1) is 0 Å². The Morgan fingerprint density at radius 1 is 1.33 bits per heavy atom. The monoisotopic (exact) mass is 349 g/mol. The van der Waals surface area contributed by atoms with Crippen LogP contribution in [0.5, 0.6) is 0 Å². The highest BCUT2D eigenvalue weighted by atomic mass is 79.9. The van der Waals surface area contributed by atoms with Crippen LogP contribution in [0.15, 0.2) is 34.9 Å². The number of carboxylic acid groups (broad SMARTS) is 1. The van der Waals surface area contributed by atoms with E-state index < -0.39 is 5.97 Å². The number of carbonyl (C=O) groups is 1. The van der Waals surface area contributed by atoms with Crippen LogP contribution in [-0.4, -0.2) is 30.2 Å². The Labute approximate surface area is 131 Å². The zero-order chi connectivity index (χ0) is 15.6. The molecule has 0 fully saturated rings. The van der Waals surface area contributed by atoms with Crippen molar-refractivity contribution in [3.05, 3.63) is 46.1 Å². The fourth-order valence-electron chi connectivity index (χ4n) is 2.01. The van der Waals surface area contributed by atoms with E-state index in [0.717, 1.165) is 16.9 Å². The number of aromatic nitrogens is 1. The van der Waals surface area contributed by atoms with Crippen LogP contribution in [0.4, 0.5) is 17.2 Å². The van der Waals surface area contributed by atoms with E-state index in [1.54, 1.807) is 6.20 Å². The number of nitrogens with zero attached hydrogens (tertiary/aromatic N) is 2. The first-order valence-electron chi connectivity index (χ1n) is 6.32. The third-order valence-corrected chi connectivity index (χ3v) is 3.47. The van der Waals surface area contributed by atoms with Crippen LogP contribution in [-0.2, 0) is 0 Å². The number of hydrogen-bond donors (Lipinski definition) is 2. The molecule has 2 aromatic rings. The molecule has 0 aliphatic rings. The van der Waals surface area contributed by atoms with Crippen LogP contribution in [0, 0.1) is 6.92 Å². The highest BCUT2D eigenvalue weighted by Crippen LogP contribution is 2.26. The Hall–Kier alpha value is -2.08. The second-order valence-electron chi connectivity index (χ2n) is 4.88. The molecule has 110 valence electrons. The third-order valence-electron chi connectivity index (χ3n) is 3.04. The first-order chi connectivity index (χ1) is 9.88. The highest BCUT2D eigenvalue weighted by Gasteiger charge is 2.13. The number of carboxylic acids is 1. The van der Waals surface area contributed by atoms with Crippen molar-refractivity contribution in [3.8, 4) is 0 Å². The number of aromatic carboxylic acids is 1. The van der Waals surface area contributed by atoms with Crippen molar-refractivity contribution in [2.75, 3.05) is 24.3 Å². The normalized spacial score (nSPS) is 10.3. The van der Waals surface area contributed by atoms with Gasteiger partial charge in [0.15, 0.2) is 0 Å². The van der Waals surface area contributed by atoms with E-state index in [9.17, 15) is 9.90 Å². The van der Waals surface area contributed by atoms with E-state index in [2.05, 4.69) is 26.2 Å². The summed E-state index contributed by atoms with van der Waals surface area (Å²) in [4.78, 5) is 17.4. The SMILES string of the molecule is Cc1ccc(Nc2ncc(Br)cc2C(=O)O)cc1N(C)C. The van der Waals surface area contributed by atoms with Gasteiger partial charge < -0.3 is 15.3 Å². The minimum atomic E-state index is -1.02. The molecule has 0 spiro atoms. The lowest BCUT2D eigenvalue weighted by atomic mass is 10.1. The molecule has 5 nitrogen and oxygen atoms in total. The lowest BCUT2D eigenvalue weighted by Crippen LogP contribution is -2.11. The standard InChI is InChI=1S/C15H16BrN3O2/c1-9-4-5-11(7-13(9)19(2)3)18-14-12(15(20)21)6-10(16)8-17-14/h4-8H,1-3H3,(H,17,18)(H,20,21). The van der Waals surface area contributed by atoms with Crippen molar-refractivity contribution < 1.29 is 9.90 Å². The first kappa shape index (κ1) is 15.3. The summed E-state index contributed by atoms with van der Waals surface area (Å²) in [6.07, 6.45) is 1.57. The predicted molar refractivity (Wildman–Crippen MR) is 87.7 cm³/mol. The van der Waals surface area contributed by atoms with Gasteiger partial charge in [-0.1, -0.05) is 6.07 Å². The molecule has 0 saturated carbocycles. The molecule has 0 aliphatic carbocycles. The van der Waals surface area contributed by atoms with Crippen molar-refractivity contribution in [2.24, 2.45) is 0 Å². The van der Waals surface area contributed by atoms with Crippen molar-refractivity contribution in [3.63, 3.8) is 0 Å². The van der Waals surface area contributed by atoms with E-state index in [1.807, 2.05) is 44.1 Å². The topological polar surface area (TPSA) is 65.5 Å². The minimum absolute atomic E-state index is 0.122. The molecule has 0 unspecified atom stereocenters. The van der Waals surface area contributed by atoms with E-state index in [4.69, 9.17) is 0 Å². The maximum absolute atomic E-state index is 11.3. The number of hydrogen-bond acceptors (Lipinski definition) is 4. The summed E-state index contributed by atoms with van der Waals surface area (Å²) in [6.45, 7) is 2.03. The molecule has 1 aromatic heterocycles. The molecular formula is C15H16BrN3O2. The Bertz CT molecular complexity index is 687. The Kier molecular flexibility index (Phi) is 4.47. The molecule has 0 bridgehead atoms. The number of pyridine rings is 1. The summed E-state index contributed by atoms with van der Waals surface area (Å²) in [5.41, 5.74) is 3.12. The number of rotatable bonds is 4. The van der Waals surface area contributed by atoms with Gasteiger partial charge in [0.1, 0.15) is 11.4 Å². The smallest absolute Gasteiger partial charge is 0.339 e. The minimum Gasteiger partial charge on any atom is -0.478 e. The molecule has 0 amide bonds. The van der Waals surface area contributed by atoms with Crippen LogP contribution in [0.25, 0.3) is 0 Å². The number of nitrogens with one attached hydrogen (secondary N) is 1. The average molecular weight is 350 g/mol. The van der Waals surface area contributed by atoms with Gasteiger partial charge >= 0.3 is 5.97 Å². The number of anilines is 3. The summed E-state index contributed by atoms with van der Waals surface area (Å²) in [6, 6.07) is 7.37. The maximum Gasteiger partial charge on any atom is 0.339 e. The zero-order valence-corrected chi connectivity index (χ0v) is 13.6. The van der Waals surface area contributed by atoms with Crippen LogP contribution in [0.2, 0.25) is 0 Å². The average Bonchev–Trinajstić information content (AvgIpc) is 2.42. The molecule has 1 heterocycles. The fraction of sp³-hybridized carbons (Fsp3) is 0.200. The second-order valence-corrected chi connectivity index (χ2v) is 5.79. The fourth-order valence-corrected chi connectivity index (χ4v) is 2.34. The van der Waals surface area contributed by atoms with Gasteiger partial charge in [-0.2, -0.15) is 0 Å². The molecule has 0 atom stereocenters. The largest absolute Gasteiger partial charge is 0.478 e. The van der Waals surface area contributed by atoms with Gasteiger partial charge in [0, 0.05) is 36.1 Å². The zero-order valence-electron chi connectivity index (χ0n) is 12.0. The molecule has 0 saturated heterocycles. The lowest BCUT2D eigenvalue weighted by molar-refractivity contribution is 0.0697. The van der Waals surface area contributed by atoms with E-state index in [-0.39, 0.29) is 5.56 Å². The Morgan fingerprint density at radius 2 is 2.05 bits per heavy atom. The number of benzene rings is 1. The van der Waals surface area contributed by atoms with Crippen molar-refractivity contribution in [2.45, 2.75) is 6.92 Å². The Balaban J connectivity index is 2.39. The third kappa shape index (κ3) is 3.52. The molecule has 6 heteroatoms. The van der Waals surface area contributed by atoms with E-state index in [0.29, 0.717) is 10.3 Å². The summed E-state index contributed by atoms with van der Waals surface area (Å²) in [5.74, 6) is -0.703. The van der Waals surface area contributed by atoms with E-state index >= 15 is 0 Å². The van der Waals surface area contributed by atoms with Gasteiger partial charge in [-0.3, -0.25) is 0 Å². The molecule has 2 rings (SSSR count). The van der Waals surface area contributed by atoms with Gasteiger partial charge in [-0.15, -0.1) is 0 Å². The summed E-state index contributed by atoms with van der Waals surface area (Å²) < 4.78 is 0.628. The summed E-state index contributed by atoms with van der Waals surface area (Å²) >= 11 is 3.23. The van der Waals surface area contributed by atoms with Crippen LogP contribution in [0.3, 0.4) is 0 Å². The quantitative estimate of drug-likeness (QED) is 0.881. The predicted octanol–water partition coefficient (Wildman–Crippen LogP) is 3.66. The molecular weight excluding hydrogens is 334 g/mol. The number of aryl methyl sites for hydroxylation is 1. The van der Waals surface area contributed by atoms with Gasteiger partial charge in [0.2, 0.25) is 0 Å². The Morgan fingerprint density at radius 3 is 2.67 bits per heavy atom. The van der Waals surface area contributed by atoms with Crippen molar-refractivity contribution in [1.29, 1.82) is 0 Å². The van der Waals surface area contributed by atoms with E-state index in [1.165, 1.54) is 6.07 Å². The van der Waals surface area contributed by atoms with Crippen molar-refractivity contribution >= 4 is 39.1 Å².